The van der Waals surface area contributed by atoms with Crippen molar-refractivity contribution in [2.45, 2.75) is 68.2 Å². The van der Waals surface area contributed by atoms with Gasteiger partial charge in [-0.05, 0) is 32.8 Å². The first kappa shape index (κ1) is 19.4. The zero-order chi connectivity index (χ0) is 20.1. The van der Waals surface area contributed by atoms with Crippen molar-refractivity contribution in [2.24, 2.45) is 0 Å². The minimum Gasteiger partial charge on any atom is -0.493 e. The fraction of sp³-hybridized carbons (Fsp3) is 0.619. The van der Waals surface area contributed by atoms with E-state index in [0.717, 1.165) is 31.2 Å². The number of ether oxygens (including phenoxy) is 2. The van der Waals surface area contributed by atoms with Crippen LogP contribution in [-0.2, 0) is 4.79 Å². The Morgan fingerprint density at radius 2 is 1.89 bits per heavy atom. The molecular formula is C21H28N2O4S. The highest BCUT2D eigenvalue weighted by Gasteiger charge is 2.58. The fourth-order valence-corrected chi connectivity index (χ4v) is 6.36. The third-order valence-corrected chi connectivity index (χ3v) is 7.63. The van der Waals surface area contributed by atoms with Crippen LogP contribution in [-0.4, -0.2) is 47.8 Å². The predicted octanol–water partition coefficient (Wildman–Crippen LogP) is 3.50. The Balaban J connectivity index is 1.67. The quantitative estimate of drug-likeness (QED) is 0.832. The van der Waals surface area contributed by atoms with Crippen molar-refractivity contribution < 1.29 is 19.1 Å². The van der Waals surface area contributed by atoms with Crippen LogP contribution < -0.4 is 14.8 Å². The Labute approximate surface area is 170 Å². The second-order valence-corrected chi connectivity index (χ2v) is 10.0. The molecule has 0 aromatic heterocycles. The number of nitrogens with one attached hydrogen (secondary N) is 1. The lowest BCUT2D eigenvalue weighted by molar-refractivity contribution is -0.127. The molecule has 0 spiro atoms. The summed E-state index contributed by atoms with van der Waals surface area (Å²) >= 11 is 1.66. The first-order chi connectivity index (χ1) is 13.4. The standard InChI is InChI=1S/C21H28N2O4S/c1-21(2)17(18(24)22-12-8-6-5-7-9-12)23-19(25)15-13(20(23)28-21)10-11-14(26-3)16(15)27-4/h10-12,17,20H,5-9H2,1-4H3,(H,22,24)/t17-,20-/m1/s1. The smallest absolute Gasteiger partial charge is 0.260 e. The van der Waals surface area contributed by atoms with Gasteiger partial charge in [-0.2, -0.15) is 0 Å². The van der Waals surface area contributed by atoms with Crippen molar-refractivity contribution in [1.29, 1.82) is 0 Å². The Bertz CT molecular complexity index is 804. The van der Waals surface area contributed by atoms with Crippen LogP contribution in [0.15, 0.2) is 12.1 Å². The molecule has 0 radical (unpaired) electrons. The maximum atomic E-state index is 13.4. The van der Waals surface area contributed by atoms with Crippen LogP contribution >= 0.6 is 11.8 Å². The lowest BCUT2D eigenvalue weighted by atomic mass is 9.94. The molecule has 0 unspecified atom stereocenters. The molecule has 1 saturated heterocycles. The van der Waals surface area contributed by atoms with Crippen LogP contribution in [0.4, 0.5) is 0 Å². The van der Waals surface area contributed by atoms with Crippen molar-refractivity contribution in [2.75, 3.05) is 14.2 Å². The summed E-state index contributed by atoms with van der Waals surface area (Å²) in [6, 6.07) is 3.46. The lowest BCUT2D eigenvalue weighted by Gasteiger charge is -2.32. The van der Waals surface area contributed by atoms with Crippen molar-refractivity contribution in [1.82, 2.24) is 10.2 Å². The molecule has 1 aliphatic carbocycles. The number of methoxy groups -OCH3 is 2. The lowest BCUT2D eigenvalue weighted by Crippen LogP contribution is -2.54. The maximum absolute atomic E-state index is 13.4. The van der Waals surface area contributed by atoms with Crippen LogP contribution in [0.1, 0.15) is 67.2 Å². The van der Waals surface area contributed by atoms with Gasteiger partial charge in [-0.1, -0.05) is 25.3 Å². The van der Waals surface area contributed by atoms with Crippen molar-refractivity contribution >= 4 is 23.6 Å². The maximum Gasteiger partial charge on any atom is 0.260 e. The molecule has 3 aliphatic rings. The molecule has 6 nitrogen and oxygen atoms in total. The van der Waals surface area contributed by atoms with Crippen LogP contribution in [0.5, 0.6) is 11.5 Å². The van der Waals surface area contributed by atoms with Gasteiger partial charge in [0.2, 0.25) is 5.91 Å². The van der Waals surface area contributed by atoms with Gasteiger partial charge in [0, 0.05) is 16.4 Å². The first-order valence-electron chi connectivity index (χ1n) is 9.94. The molecule has 152 valence electrons. The number of rotatable bonds is 4. The van der Waals surface area contributed by atoms with E-state index in [1.807, 2.05) is 12.1 Å². The SMILES string of the molecule is COc1ccc2c(c1OC)C(=O)N1[C@@H]2SC(C)(C)[C@H]1C(=O)NC1CCCCC1. The third-order valence-electron chi connectivity index (χ3n) is 6.10. The van der Waals surface area contributed by atoms with E-state index in [1.54, 1.807) is 30.9 Å². The zero-order valence-corrected chi connectivity index (χ0v) is 17.7. The van der Waals surface area contributed by atoms with E-state index in [4.69, 9.17) is 9.47 Å². The van der Waals surface area contributed by atoms with E-state index in [-0.39, 0.29) is 28.0 Å². The predicted molar refractivity (Wildman–Crippen MR) is 109 cm³/mol. The summed E-state index contributed by atoms with van der Waals surface area (Å²) in [6.07, 6.45) is 5.59. The molecule has 7 heteroatoms. The number of carbonyl (C=O) groups is 2. The van der Waals surface area contributed by atoms with Gasteiger partial charge in [-0.3, -0.25) is 9.59 Å². The number of hydrogen-bond donors (Lipinski definition) is 1. The number of benzene rings is 1. The number of amides is 2. The molecule has 0 bridgehead atoms. The number of fused-ring (bicyclic) bond motifs is 3. The minimum atomic E-state index is -0.514. The molecule has 28 heavy (non-hydrogen) atoms. The number of carbonyl (C=O) groups excluding carboxylic acids is 2. The normalized spacial score (nSPS) is 26.0. The Morgan fingerprint density at radius 3 is 2.54 bits per heavy atom. The minimum absolute atomic E-state index is 0.0426. The second kappa shape index (κ2) is 7.17. The monoisotopic (exact) mass is 404 g/mol. The highest BCUT2D eigenvalue weighted by Crippen LogP contribution is 2.58. The number of nitrogens with zero attached hydrogens (tertiary/aromatic N) is 1. The van der Waals surface area contributed by atoms with Crippen molar-refractivity contribution in [3.8, 4) is 11.5 Å². The molecule has 1 saturated carbocycles. The van der Waals surface area contributed by atoms with Crippen molar-refractivity contribution in [3.63, 3.8) is 0 Å². The van der Waals surface area contributed by atoms with Gasteiger partial charge in [-0.15, -0.1) is 11.8 Å². The zero-order valence-electron chi connectivity index (χ0n) is 16.9. The van der Waals surface area contributed by atoms with E-state index in [0.29, 0.717) is 17.1 Å². The Hall–Kier alpha value is -1.89. The average Bonchev–Trinajstić information content (AvgIpc) is 3.11. The highest BCUT2D eigenvalue weighted by molar-refractivity contribution is 8.01. The molecule has 2 aliphatic heterocycles. The molecule has 2 heterocycles. The summed E-state index contributed by atoms with van der Waals surface area (Å²) < 4.78 is 10.5. The van der Waals surface area contributed by atoms with E-state index in [2.05, 4.69) is 19.2 Å². The summed E-state index contributed by atoms with van der Waals surface area (Å²) in [5, 5.41) is 3.04. The molecule has 1 aromatic carbocycles. The topological polar surface area (TPSA) is 67.9 Å². The summed E-state index contributed by atoms with van der Waals surface area (Å²) in [6.45, 7) is 4.10. The van der Waals surface area contributed by atoms with Gasteiger partial charge in [0.15, 0.2) is 11.5 Å². The molecule has 1 N–H and O–H groups in total. The van der Waals surface area contributed by atoms with Gasteiger partial charge in [-0.25, -0.2) is 0 Å². The van der Waals surface area contributed by atoms with E-state index < -0.39 is 6.04 Å². The fourth-order valence-electron chi connectivity index (χ4n) is 4.78. The first-order valence-corrected chi connectivity index (χ1v) is 10.8. The molecule has 2 atom stereocenters. The third kappa shape index (κ3) is 2.95. The summed E-state index contributed by atoms with van der Waals surface area (Å²) in [4.78, 5) is 28.4. The van der Waals surface area contributed by atoms with E-state index in [9.17, 15) is 9.59 Å². The summed E-state index contributed by atoms with van der Waals surface area (Å²) in [7, 11) is 3.10. The van der Waals surface area contributed by atoms with Crippen LogP contribution in [0.25, 0.3) is 0 Å². The highest BCUT2D eigenvalue weighted by atomic mass is 32.2. The molecular weight excluding hydrogens is 376 g/mol. The average molecular weight is 405 g/mol. The van der Waals surface area contributed by atoms with Gasteiger partial charge in [0.25, 0.3) is 5.91 Å². The molecule has 4 rings (SSSR count). The Morgan fingerprint density at radius 1 is 1.18 bits per heavy atom. The molecule has 2 fully saturated rings. The van der Waals surface area contributed by atoms with Crippen LogP contribution in [0, 0.1) is 0 Å². The van der Waals surface area contributed by atoms with Gasteiger partial charge in [0.05, 0.1) is 19.8 Å². The van der Waals surface area contributed by atoms with Gasteiger partial charge < -0.3 is 19.7 Å². The Kier molecular flexibility index (Phi) is 4.98. The molecule has 1 aromatic rings. The van der Waals surface area contributed by atoms with Gasteiger partial charge in [0.1, 0.15) is 11.4 Å². The largest absolute Gasteiger partial charge is 0.493 e. The number of hydrogen-bond acceptors (Lipinski definition) is 5. The summed E-state index contributed by atoms with van der Waals surface area (Å²) in [5.41, 5.74) is 1.42. The van der Waals surface area contributed by atoms with E-state index >= 15 is 0 Å². The second-order valence-electron chi connectivity index (χ2n) is 8.30. The number of thioether (sulfide) groups is 1. The molecule has 2 amide bonds. The van der Waals surface area contributed by atoms with Crippen molar-refractivity contribution in [3.05, 3.63) is 23.3 Å². The van der Waals surface area contributed by atoms with Gasteiger partial charge >= 0.3 is 0 Å². The van der Waals surface area contributed by atoms with Crippen LogP contribution in [0.2, 0.25) is 0 Å². The van der Waals surface area contributed by atoms with E-state index in [1.165, 1.54) is 6.42 Å². The summed E-state index contributed by atoms with van der Waals surface area (Å²) in [5.74, 6) is 0.782. The van der Waals surface area contributed by atoms with Crippen LogP contribution in [0.3, 0.4) is 0 Å².